The molecule has 3 heteroatoms. The van der Waals surface area contributed by atoms with Crippen molar-refractivity contribution < 1.29 is 9.90 Å². The van der Waals surface area contributed by atoms with Gasteiger partial charge in [0.1, 0.15) is 0 Å². The van der Waals surface area contributed by atoms with Crippen molar-refractivity contribution in [3.05, 3.63) is 0 Å². The Labute approximate surface area is 144 Å². The first-order valence-corrected chi connectivity index (χ1v) is 10.0. The molecular formula is C20H41NO2. The van der Waals surface area contributed by atoms with Gasteiger partial charge in [-0.05, 0) is 19.8 Å². The van der Waals surface area contributed by atoms with E-state index in [1.54, 1.807) is 0 Å². The Hall–Kier alpha value is -0.570. The standard InChI is InChI=1S/C20H41NO2/c1-4-6-7-8-9-10-11-12-13-14-15-17-20(3,5-2)21-18-16-19(22)23/h21H,4-18H2,1-3H3,(H,22,23). The quantitative estimate of drug-likeness (QED) is 0.326. The van der Waals surface area contributed by atoms with E-state index in [2.05, 4.69) is 26.1 Å². The van der Waals surface area contributed by atoms with Crippen molar-refractivity contribution in [3.8, 4) is 0 Å². The first kappa shape index (κ1) is 22.4. The molecule has 0 heterocycles. The third-order valence-electron chi connectivity index (χ3n) is 5.00. The molecule has 1 unspecified atom stereocenters. The second-order valence-electron chi connectivity index (χ2n) is 7.27. The molecule has 138 valence electrons. The highest BCUT2D eigenvalue weighted by atomic mass is 16.4. The number of unbranched alkanes of at least 4 members (excludes halogenated alkanes) is 10. The van der Waals surface area contributed by atoms with Crippen molar-refractivity contribution in [2.45, 2.75) is 116 Å². The molecule has 0 amide bonds. The van der Waals surface area contributed by atoms with Gasteiger partial charge in [0.25, 0.3) is 0 Å². The van der Waals surface area contributed by atoms with Crippen molar-refractivity contribution in [1.29, 1.82) is 0 Å². The van der Waals surface area contributed by atoms with Crippen LogP contribution in [0.4, 0.5) is 0 Å². The van der Waals surface area contributed by atoms with Crippen LogP contribution in [-0.4, -0.2) is 23.2 Å². The Bertz CT molecular complexity index is 281. The molecule has 3 nitrogen and oxygen atoms in total. The zero-order chi connectivity index (χ0) is 17.4. The fraction of sp³-hybridized carbons (Fsp3) is 0.950. The number of nitrogens with one attached hydrogen (secondary N) is 1. The van der Waals surface area contributed by atoms with Crippen molar-refractivity contribution >= 4 is 5.97 Å². The summed E-state index contributed by atoms with van der Waals surface area (Å²) in [5, 5.41) is 12.2. The highest BCUT2D eigenvalue weighted by molar-refractivity contribution is 5.66. The minimum Gasteiger partial charge on any atom is -0.481 e. The molecule has 2 N–H and O–H groups in total. The lowest BCUT2D eigenvalue weighted by molar-refractivity contribution is -0.136. The summed E-state index contributed by atoms with van der Waals surface area (Å²) >= 11 is 0. The molecule has 0 aromatic carbocycles. The summed E-state index contributed by atoms with van der Waals surface area (Å²) in [5.74, 6) is -0.717. The summed E-state index contributed by atoms with van der Waals surface area (Å²) in [7, 11) is 0. The largest absolute Gasteiger partial charge is 0.481 e. The molecule has 0 rings (SSSR count). The van der Waals surface area contributed by atoms with Crippen molar-refractivity contribution in [1.82, 2.24) is 5.32 Å². The smallest absolute Gasteiger partial charge is 0.304 e. The second-order valence-corrected chi connectivity index (χ2v) is 7.27. The fourth-order valence-corrected chi connectivity index (χ4v) is 3.04. The van der Waals surface area contributed by atoms with Crippen LogP contribution >= 0.6 is 0 Å². The van der Waals surface area contributed by atoms with Crippen LogP contribution < -0.4 is 5.32 Å². The highest BCUT2D eigenvalue weighted by Gasteiger charge is 2.20. The number of carbonyl (C=O) groups is 1. The first-order chi connectivity index (χ1) is 11.0. The summed E-state index contributed by atoms with van der Waals surface area (Å²) in [4.78, 5) is 10.6. The third-order valence-corrected chi connectivity index (χ3v) is 5.00. The monoisotopic (exact) mass is 327 g/mol. The molecule has 0 aromatic rings. The molecule has 0 aliphatic carbocycles. The van der Waals surface area contributed by atoms with Gasteiger partial charge < -0.3 is 10.4 Å². The molecule has 0 spiro atoms. The number of carboxylic acids is 1. The minimum absolute atomic E-state index is 0.106. The van der Waals surface area contributed by atoms with E-state index >= 15 is 0 Å². The van der Waals surface area contributed by atoms with Gasteiger partial charge in [-0.15, -0.1) is 0 Å². The summed E-state index contributed by atoms with van der Waals surface area (Å²) in [6, 6.07) is 0. The van der Waals surface area contributed by atoms with Crippen LogP contribution in [0, 0.1) is 0 Å². The number of carboxylic acid groups (broad SMARTS) is 1. The van der Waals surface area contributed by atoms with E-state index in [9.17, 15) is 4.79 Å². The number of aliphatic carboxylic acids is 1. The molecule has 23 heavy (non-hydrogen) atoms. The van der Waals surface area contributed by atoms with Gasteiger partial charge in [-0.3, -0.25) is 4.79 Å². The van der Waals surface area contributed by atoms with Gasteiger partial charge in [0, 0.05) is 12.1 Å². The van der Waals surface area contributed by atoms with Crippen LogP contribution in [0.1, 0.15) is 111 Å². The Morgan fingerprint density at radius 3 is 1.78 bits per heavy atom. The van der Waals surface area contributed by atoms with Crippen molar-refractivity contribution in [2.75, 3.05) is 6.54 Å². The van der Waals surface area contributed by atoms with E-state index in [-0.39, 0.29) is 12.0 Å². The van der Waals surface area contributed by atoms with Gasteiger partial charge in [0.15, 0.2) is 0 Å². The van der Waals surface area contributed by atoms with Crippen LogP contribution in [0.3, 0.4) is 0 Å². The van der Waals surface area contributed by atoms with Gasteiger partial charge in [0.2, 0.25) is 0 Å². The van der Waals surface area contributed by atoms with Gasteiger partial charge in [-0.2, -0.15) is 0 Å². The van der Waals surface area contributed by atoms with Gasteiger partial charge in [-0.25, -0.2) is 0 Å². The van der Waals surface area contributed by atoms with Gasteiger partial charge in [0.05, 0.1) is 6.42 Å². The highest BCUT2D eigenvalue weighted by Crippen LogP contribution is 2.19. The summed E-state index contributed by atoms with van der Waals surface area (Å²) in [5.41, 5.74) is 0.106. The molecule has 0 saturated carbocycles. The van der Waals surface area contributed by atoms with Crippen molar-refractivity contribution in [3.63, 3.8) is 0 Å². The van der Waals surface area contributed by atoms with Crippen LogP contribution in [-0.2, 0) is 4.79 Å². The van der Waals surface area contributed by atoms with E-state index in [4.69, 9.17) is 5.11 Å². The summed E-state index contributed by atoms with van der Waals surface area (Å²) < 4.78 is 0. The maximum Gasteiger partial charge on any atom is 0.304 e. The van der Waals surface area contributed by atoms with Crippen LogP contribution in [0.15, 0.2) is 0 Å². The molecule has 0 saturated heterocycles. The lowest BCUT2D eigenvalue weighted by Gasteiger charge is -2.29. The summed E-state index contributed by atoms with van der Waals surface area (Å²) in [6.07, 6.45) is 17.5. The SMILES string of the molecule is CCCCCCCCCCCCCC(C)(CC)NCCC(=O)O. The topological polar surface area (TPSA) is 49.3 Å². The maximum absolute atomic E-state index is 10.6. The second kappa shape index (κ2) is 15.0. The van der Waals surface area contributed by atoms with E-state index in [0.29, 0.717) is 6.54 Å². The van der Waals surface area contributed by atoms with Crippen LogP contribution in [0.2, 0.25) is 0 Å². The zero-order valence-corrected chi connectivity index (χ0v) is 16.0. The van der Waals surface area contributed by atoms with Crippen molar-refractivity contribution in [2.24, 2.45) is 0 Å². The predicted octanol–water partition coefficient (Wildman–Crippen LogP) is 5.92. The molecule has 0 aromatic heterocycles. The Balaban J connectivity index is 3.47. The number of rotatable bonds is 17. The Kier molecular flexibility index (Phi) is 14.6. The molecule has 0 radical (unpaired) electrons. The normalized spacial score (nSPS) is 13.9. The lowest BCUT2D eigenvalue weighted by Crippen LogP contribution is -2.42. The third kappa shape index (κ3) is 14.7. The predicted molar refractivity (Wildman–Crippen MR) is 100 cm³/mol. The molecule has 0 aliphatic heterocycles. The van der Waals surface area contributed by atoms with Crippen LogP contribution in [0.5, 0.6) is 0 Å². The average Bonchev–Trinajstić information content (AvgIpc) is 2.52. The minimum atomic E-state index is -0.717. The van der Waals surface area contributed by atoms with E-state index < -0.39 is 5.97 Å². The zero-order valence-electron chi connectivity index (χ0n) is 16.0. The molecular weight excluding hydrogens is 286 g/mol. The Morgan fingerprint density at radius 1 is 0.870 bits per heavy atom. The Morgan fingerprint density at radius 2 is 1.35 bits per heavy atom. The maximum atomic E-state index is 10.6. The van der Waals surface area contributed by atoms with Crippen LogP contribution in [0.25, 0.3) is 0 Å². The number of hydrogen-bond donors (Lipinski definition) is 2. The number of hydrogen-bond acceptors (Lipinski definition) is 2. The van der Waals surface area contributed by atoms with E-state index in [0.717, 1.165) is 12.8 Å². The molecule has 0 fully saturated rings. The van der Waals surface area contributed by atoms with Gasteiger partial charge in [-0.1, -0.05) is 84.5 Å². The first-order valence-electron chi connectivity index (χ1n) is 10.0. The van der Waals surface area contributed by atoms with E-state index in [1.165, 1.54) is 70.6 Å². The molecule has 0 bridgehead atoms. The summed E-state index contributed by atoms with van der Waals surface area (Å²) in [6.45, 7) is 7.26. The molecule has 1 atom stereocenters. The molecule has 0 aliphatic rings. The lowest BCUT2D eigenvalue weighted by atomic mass is 9.91. The van der Waals surface area contributed by atoms with E-state index in [1.807, 2.05) is 0 Å². The fourth-order valence-electron chi connectivity index (χ4n) is 3.04. The average molecular weight is 328 g/mol. The van der Waals surface area contributed by atoms with Gasteiger partial charge >= 0.3 is 5.97 Å².